The summed E-state index contributed by atoms with van der Waals surface area (Å²) < 4.78 is 0. The van der Waals surface area contributed by atoms with Gasteiger partial charge in [-0.2, -0.15) is 0 Å². The third-order valence-corrected chi connectivity index (χ3v) is 2.06. The van der Waals surface area contributed by atoms with Gasteiger partial charge in [-0.05, 0) is 26.8 Å². The summed E-state index contributed by atoms with van der Waals surface area (Å²) in [5, 5.41) is 9.47. The zero-order valence-electron chi connectivity index (χ0n) is 10.2. The molecule has 2 nitrogen and oxygen atoms in total. The van der Waals surface area contributed by atoms with E-state index in [2.05, 4.69) is 11.9 Å². The second-order valence-corrected chi connectivity index (χ2v) is 3.30. The SMILES string of the molecule is CC.CC.CN1CCC(C)(O)CC1. The van der Waals surface area contributed by atoms with Gasteiger partial charge in [0.1, 0.15) is 0 Å². The molecular weight excluding hydrogens is 162 g/mol. The van der Waals surface area contributed by atoms with E-state index in [4.69, 9.17) is 0 Å². The molecule has 82 valence electrons. The van der Waals surface area contributed by atoms with Gasteiger partial charge in [0.15, 0.2) is 0 Å². The first kappa shape index (κ1) is 15.4. The van der Waals surface area contributed by atoms with E-state index in [0.29, 0.717) is 0 Å². The minimum Gasteiger partial charge on any atom is -0.390 e. The Morgan fingerprint density at radius 1 is 1.00 bits per heavy atom. The fourth-order valence-corrected chi connectivity index (χ4v) is 1.10. The van der Waals surface area contributed by atoms with Crippen LogP contribution >= 0.6 is 0 Å². The molecule has 1 N–H and O–H groups in total. The van der Waals surface area contributed by atoms with Gasteiger partial charge in [0.2, 0.25) is 0 Å². The molecule has 0 aromatic rings. The van der Waals surface area contributed by atoms with E-state index in [1.165, 1.54) is 0 Å². The van der Waals surface area contributed by atoms with E-state index in [0.717, 1.165) is 25.9 Å². The van der Waals surface area contributed by atoms with Crippen molar-refractivity contribution in [2.24, 2.45) is 0 Å². The molecule has 0 aliphatic carbocycles. The molecule has 0 spiro atoms. The van der Waals surface area contributed by atoms with Crippen molar-refractivity contribution in [3.05, 3.63) is 0 Å². The molecule has 1 aliphatic heterocycles. The molecule has 0 amide bonds. The lowest BCUT2D eigenvalue weighted by atomic mass is 9.94. The number of piperidine rings is 1. The Hall–Kier alpha value is -0.0800. The van der Waals surface area contributed by atoms with Gasteiger partial charge in [-0.25, -0.2) is 0 Å². The highest BCUT2D eigenvalue weighted by atomic mass is 16.3. The van der Waals surface area contributed by atoms with Crippen LogP contribution in [-0.4, -0.2) is 35.7 Å². The highest BCUT2D eigenvalue weighted by Gasteiger charge is 2.24. The summed E-state index contributed by atoms with van der Waals surface area (Å²) in [4.78, 5) is 2.25. The third kappa shape index (κ3) is 8.26. The lowest BCUT2D eigenvalue weighted by Gasteiger charge is -2.33. The fraction of sp³-hybridized carbons (Fsp3) is 1.00. The molecule has 0 atom stereocenters. The summed E-state index contributed by atoms with van der Waals surface area (Å²) >= 11 is 0. The van der Waals surface area contributed by atoms with Gasteiger partial charge in [-0.1, -0.05) is 27.7 Å². The molecule has 1 heterocycles. The van der Waals surface area contributed by atoms with Gasteiger partial charge < -0.3 is 10.0 Å². The second-order valence-electron chi connectivity index (χ2n) is 3.30. The number of hydrogen-bond acceptors (Lipinski definition) is 2. The molecule has 2 heteroatoms. The quantitative estimate of drug-likeness (QED) is 0.633. The summed E-state index contributed by atoms with van der Waals surface area (Å²) in [6.45, 7) is 12.0. The van der Waals surface area contributed by atoms with Gasteiger partial charge in [0.25, 0.3) is 0 Å². The van der Waals surface area contributed by atoms with E-state index in [1.54, 1.807) is 0 Å². The predicted octanol–water partition coefficient (Wildman–Crippen LogP) is 2.52. The summed E-state index contributed by atoms with van der Waals surface area (Å²) in [5.41, 5.74) is -0.382. The molecule has 0 saturated carbocycles. The average Bonchev–Trinajstić information content (AvgIpc) is 2.17. The topological polar surface area (TPSA) is 23.5 Å². The van der Waals surface area contributed by atoms with Crippen molar-refractivity contribution < 1.29 is 5.11 Å². The molecule has 0 radical (unpaired) electrons. The van der Waals surface area contributed by atoms with Crippen LogP contribution in [0.25, 0.3) is 0 Å². The first-order valence-corrected chi connectivity index (χ1v) is 5.51. The zero-order valence-corrected chi connectivity index (χ0v) is 10.2. The maximum absolute atomic E-state index is 9.47. The Morgan fingerprint density at radius 3 is 1.54 bits per heavy atom. The summed E-state index contributed by atoms with van der Waals surface area (Å²) in [7, 11) is 2.09. The number of aliphatic hydroxyl groups is 1. The minimum absolute atomic E-state index is 0.382. The molecule has 1 fully saturated rings. The van der Waals surface area contributed by atoms with Crippen LogP contribution in [0, 0.1) is 0 Å². The van der Waals surface area contributed by atoms with Crippen molar-refractivity contribution in [3.8, 4) is 0 Å². The molecule has 0 unspecified atom stereocenters. The van der Waals surface area contributed by atoms with Crippen molar-refractivity contribution in [2.75, 3.05) is 20.1 Å². The first-order chi connectivity index (χ1) is 6.10. The van der Waals surface area contributed by atoms with E-state index < -0.39 is 0 Å². The van der Waals surface area contributed by atoms with Crippen molar-refractivity contribution >= 4 is 0 Å². The maximum Gasteiger partial charge on any atom is 0.0644 e. The normalized spacial score (nSPS) is 20.5. The molecule has 1 aliphatic rings. The van der Waals surface area contributed by atoms with Crippen LogP contribution in [-0.2, 0) is 0 Å². The van der Waals surface area contributed by atoms with Crippen molar-refractivity contribution in [1.82, 2.24) is 4.90 Å². The highest BCUT2D eigenvalue weighted by molar-refractivity contribution is 4.79. The Balaban J connectivity index is 0. The molecule has 0 aromatic carbocycles. The zero-order chi connectivity index (χ0) is 10.9. The lowest BCUT2D eigenvalue weighted by Crippen LogP contribution is -2.40. The summed E-state index contributed by atoms with van der Waals surface area (Å²) in [5.74, 6) is 0. The Morgan fingerprint density at radius 2 is 1.31 bits per heavy atom. The van der Waals surface area contributed by atoms with Gasteiger partial charge in [0.05, 0.1) is 5.60 Å². The van der Waals surface area contributed by atoms with Gasteiger partial charge in [-0.3, -0.25) is 0 Å². The molecule has 0 bridgehead atoms. The highest BCUT2D eigenvalue weighted by Crippen LogP contribution is 2.19. The van der Waals surface area contributed by atoms with Crippen LogP contribution in [0.5, 0.6) is 0 Å². The van der Waals surface area contributed by atoms with Crippen LogP contribution in [0.15, 0.2) is 0 Å². The van der Waals surface area contributed by atoms with Crippen LogP contribution in [0.3, 0.4) is 0 Å². The predicted molar refractivity (Wildman–Crippen MR) is 60.1 cm³/mol. The average molecular weight is 189 g/mol. The van der Waals surface area contributed by atoms with Crippen molar-refractivity contribution in [3.63, 3.8) is 0 Å². The summed E-state index contributed by atoms with van der Waals surface area (Å²) in [6.07, 6.45) is 1.84. The van der Waals surface area contributed by atoms with Crippen LogP contribution in [0.1, 0.15) is 47.5 Å². The van der Waals surface area contributed by atoms with Crippen LogP contribution in [0.4, 0.5) is 0 Å². The lowest BCUT2D eigenvalue weighted by molar-refractivity contribution is 0.001000. The second kappa shape index (κ2) is 8.52. The van der Waals surface area contributed by atoms with Gasteiger partial charge >= 0.3 is 0 Å². The summed E-state index contributed by atoms with van der Waals surface area (Å²) in [6, 6.07) is 0. The van der Waals surface area contributed by atoms with Gasteiger partial charge in [-0.15, -0.1) is 0 Å². The largest absolute Gasteiger partial charge is 0.390 e. The Bertz CT molecular complexity index is 92.3. The number of rotatable bonds is 0. The third-order valence-electron chi connectivity index (χ3n) is 2.06. The molecule has 1 rings (SSSR count). The van der Waals surface area contributed by atoms with Crippen LogP contribution in [0.2, 0.25) is 0 Å². The van der Waals surface area contributed by atoms with Crippen molar-refractivity contribution in [1.29, 1.82) is 0 Å². The molecule has 0 aromatic heterocycles. The molecule has 1 saturated heterocycles. The maximum atomic E-state index is 9.47. The van der Waals surface area contributed by atoms with E-state index in [1.807, 2.05) is 34.6 Å². The van der Waals surface area contributed by atoms with E-state index in [9.17, 15) is 5.11 Å². The smallest absolute Gasteiger partial charge is 0.0644 e. The Labute approximate surface area is 83.9 Å². The monoisotopic (exact) mass is 189 g/mol. The first-order valence-electron chi connectivity index (χ1n) is 5.51. The number of likely N-dealkylation sites (tertiary alicyclic amines) is 1. The van der Waals surface area contributed by atoms with Crippen molar-refractivity contribution in [2.45, 2.75) is 53.1 Å². The van der Waals surface area contributed by atoms with E-state index >= 15 is 0 Å². The Kier molecular flexibility index (Phi) is 10.1. The number of nitrogens with zero attached hydrogens (tertiary/aromatic N) is 1. The van der Waals surface area contributed by atoms with Gasteiger partial charge in [0, 0.05) is 13.1 Å². The number of hydrogen-bond donors (Lipinski definition) is 1. The van der Waals surface area contributed by atoms with Crippen LogP contribution < -0.4 is 0 Å². The molecule has 13 heavy (non-hydrogen) atoms. The minimum atomic E-state index is -0.382. The molecular formula is C11H27NO. The van der Waals surface area contributed by atoms with E-state index in [-0.39, 0.29) is 5.60 Å². The standard InChI is InChI=1S/C7H15NO.2C2H6/c1-7(9)3-5-8(2)6-4-7;2*1-2/h9H,3-6H2,1-2H3;2*1-2H3. The fourth-order valence-electron chi connectivity index (χ4n) is 1.10.